The summed E-state index contributed by atoms with van der Waals surface area (Å²) >= 11 is 4.16. The fourth-order valence-corrected chi connectivity index (χ4v) is 2.27. The Morgan fingerprint density at radius 3 is 2.37 bits per heavy atom. The maximum Gasteiger partial charge on any atom is 0.251 e. The molecule has 0 aromatic heterocycles. The van der Waals surface area contributed by atoms with Crippen molar-refractivity contribution in [3.05, 3.63) is 29.8 Å². The van der Waals surface area contributed by atoms with Gasteiger partial charge in [0.15, 0.2) is 0 Å². The lowest BCUT2D eigenvalue weighted by molar-refractivity contribution is -0.130. The molecule has 102 valence electrons. The minimum absolute atomic E-state index is 0.00105. The number of nitrogens with one attached hydrogen (secondary N) is 1. The van der Waals surface area contributed by atoms with Gasteiger partial charge >= 0.3 is 0 Å². The van der Waals surface area contributed by atoms with Crippen molar-refractivity contribution in [1.82, 2.24) is 10.2 Å². The van der Waals surface area contributed by atoms with Gasteiger partial charge in [0.2, 0.25) is 5.91 Å². The van der Waals surface area contributed by atoms with Gasteiger partial charge in [0.05, 0.1) is 6.54 Å². The summed E-state index contributed by atoms with van der Waals surface area (Å²) in [6, 6.07) is 6.90. The minimum atomic E-state index is -0.223. The Morgan fingerprint density at radius 2 is 1.74 bits per heavy atom. The zero-order chi connectivity index (χ0) is 13.7. The number of thiol groups is 1. The second kappa shape index (κ2) is 6.61. The van der Waals surface area contributed by atoms with Gasteiger partial charge in [-0.1, -0.05) is 0 Å². The summed E-state index contributed by atoms with van der Waals surface area (Å²) in [4.78, 5) is 26.3. The fourth-order valence-electron chi connectivity index (χ4n) is 2.13. The zero-order valence-corrected chi connectivity index (χ0v) is 11.7. The first kappa shape index (κ1) is 13.9. The van der Waals surface area contributed by atoms with Gasteiger partial charge in [0, 0.05) is 23.5 Å². The van der Waals surface area contributed by atoms with Crippen LogP contribution in [0.2, 0.25) is 0 Å². The molecule has 0 radical (unpaired) electrons. The van der Waals surface area contributed by atoms with E-state index in [9.17, 15) is 9.59 Å². The summed E-state index contributed by atoms with van der Waals surface area (Å²) in [7, 11) is 0. The highest BCUT2D eigenvalue weighted by atomic mass is 32.1. The van der Waals surface area contributed by atoms with Gasteiger partial charge in [-0.3, -0.25) is 9.59 Å². The van der Waals surface area contributed by atoms with E-state index in [1.54, 1.807) is 24.3 Å². The van der Waals surface area contributed by atoms with Crippen LogP contribution in [0.5, 0.6) is 0 Å². The molecular weight excluding hydrogens is 260 g/mol. The highest BCUT2D eigenvalue weighted by molar-refractivity contribution is 7.80. The quantitative estimate of drug-likeness (QED) is 0.827. The van der Waals surface area contributed by atoms with Gasteiger partial charge in [-0.15, -0.1) is 12.6 Å². The molecule has 2 rings (SSSR count). The maximum absolute atomic E-state index is 11.9. The summed E-state index contributed by atoms with van der Waals surface area (Å²) in [5.74, 6) is -0.224. The van der Waals surface area contributed by atoms with E-state index < -0.39 is 0 Å². The van der Waals surface area contributed by atoms with Crippen LogP contribution in [0.25, 0.3) is 0 Å². The van der Waals surface area contributed by atoms with Crippen molar-refractivity contribution in [2.45, 2.75) is 24.2 Å². The monoisotopic (exact) mass is 278 g/mol. The van der Waals surface area contributed by atoms with Gasteiger partial charge in [0.1, 0.15) is 0 Å². The Hall–Kier alpha value is -1.49. The lowest BCUT2D eigenvalue weighted by Crippen LogP contribution is -2.42. The fraction of sp³-hybridized carbons (Fsp3) is 0.429. The van der Waals surface area contributed by atoms with E-state index in [1.807, 2.05) is 4.90 Å². The maximum atomic E-state index is 11.9. The molecule has 1 aliphatic heterocycles. The number of rotatable bonds is 3. The van der Waals surface area contributed by atoms with Crippen molar-refractivity contribution >= 4 is 24.4 Å². The summed E-state index contributed by atoms with van der Waals surface area (Å²) in [6.45, 7) is 1.69. The standard InChI is InChI=1S/C14H18N2O2S/c17-13(16-8-2-1-3-9-16)10-15-14(18)11-4-6-12(19)7-5-11/h4-7,19H,1-3,8-10H2,(H,15,18). The SMILES string of the molecule is O=C(NCC(=O)N1CCCCC1)c1ccc(S)cc1. The smallest absolute Gasteiger partial charge is 0.251 e. The van der Waals surface area contributed by atoms with Crippen LogP contribution in [0.4, 0.5) is 0 Å². The first-order chi connectivity index (χ1) is 9.16. The third kappa shape index (κ3) is 3.99. The first-order valence-electron chi connectivity index (χ1n) is 6.52. The Morgan fingerprint density at radius 1 is 1.11 bits per heavy atom. The van der Waals surface area contributed by atoms with E-state index in [0.717, 1.165) is 30.8 Å². The van der Waals surface area contributed by atoms with Crippen LogP contribution in [0.3, 0.4) is 0 Å². The first-order valence-corrected chi connectivity index (χ1v) is 6.96. The van der Waals surface area contributed by atoms with Crippen LogP contribution in [0, 0.1) is 0 Å². The highest BCUT2D eigenvalue weighted by Crippen LogP contribution is 2.09. The Bertz CT molecular complexity index is 453. The summed E-state index contributed by atoms with van der Waals surface area (Å²) < 4.78 is 0. The molecule has 0 saturated carbocycles. The molecule has 1 aromatic rings. The van der Waals surface area contributed by atoms with Gasteiger partial charge in [-0.05, 0) is 43.5 Å². The van der Waals surface area contributed by atoms with Crippen molar-refractivity contribution in [3.63, 3.8) is 0 Å². The van der Waals surface area contributed by atoms with Crippen LogP contribution in [-0.4, -0.2) is 36.3 Å². The van der Waals surface area contributed by atoms with E-state index in [2.05, 4.69) is 17.9 Å². The van der Waals surface area contributed by atoms with Gasteiger partial charge in [-0.25, -0.2) is 0 Å². The number of hydrogen-bond acceptors (Lipinski definition) is 3. The number of likely N-dealkylation sites (tertiary alicyclic amines) is 1. The number of carbonyl (C=O) groups excluding carboxylic acids is 2. The molecule has 1 heterocycles. The van der Waals surface area contributed by atoms with Gasteiger partial charge in [-0.2, -0.15) is 0 Å². The molecule has 0 aliphatic carbocycles. The van der Waals surface area contributed by atoms with Crippen LogP contribution < -0.4 is 5.32 Å². The van der Waals surface area contributed by atoms with E-state index in [1.165, 1.54) is 6.42 Å². The van der Waals surface area contributed by atoms with E-state index in [0.29, 0.717) is 5.56 Å². The lowest BCUT2D eigenvalue weighted by Gasteiger charge is -2.26. The molecule has 0 bridgehead atoms. The molecule has 0 spiro atoms. The molecule has 1 aromatic carbocycles. The number of piperidine rings is 1. The third-order valence-corrected chi connectivity index (χ3v) is 3.54. The second-order valence-corrected chi connectivity index (χ2v) is 5.19. The molecule has 1 aliphatic rings. The molecular formula is C14H18N2O2S. The average molecular weight is 278 g/mol. The Labute approximate surface area is 118 Å². The molecule has 5 heteroatoms. The molecule has 2 amide bonds. The van der Waals surface area contributed by atoms with Crippen molar-refractivity contribution in [2.24, 2.45) is 0 Å². The second-order valence-electron chi connectivity index (χ2n) is 4.67. The van der Waals surface area contributed by atoms with Crippen molar-refractivity contribution in [1.29, 1.82) is 0 Å². The van der Waals surface area contributed by atoms with E-state index in [4.69, 9.17) is 0 Å². The van der Waals surface area contributed by atoms with Crippen molar-refractivity contribution < 1.29 is 9.59 Å². The molecule has 1 fully saturated rings. The predicted molar refractivity (Wildman–Crippen MR) is 76.5 cm³/mol. The van der Waals surface area contributed by atoms with Crippen LogP contribution in [-0.2, 0) is 4.79 Å². The molecule has 1 saturated heterocycles. The topological polar surface area (TPSA) is 49.4 Å². The molecule has 0 unspecified atom stereocenters. The number of nitrogens with zero attached hydrogens (tertiary/aromatic N) is 1. The normalized spacial score (nSPS) is 15.1. The summed E-state index contributed by atoms with van der Waals surface area (Å²) in [6.07, 6.45) is 3.30. The van der Waals surface area contributed by atoms with Gasteiger partial charge in [0.25, 0.3) is 5.91 Å². The molecule has 19 heavy (non-hydrogen) atoms. The van der Waals surface area contributed by atoms with Crippen LogP contribution in [0.15, 0.2) is 29.2 Å². The van der Waals surface area contributed by atoms with Crippen molar-refractivity contribution in [3.8, 4) is 0 Å². The minimum Gasteiger partial charge on any atom is -0.343 e. The Balaban J connectivity index is 1.82. The zero-order valence-electron chi connectivity index (χ0n) is 10.8. The molecule has 1 N–H and O–H groups in total. The molecule has 4 nitrogen and oxygen atoms in total. The predicted octanol–water partition coefficient (Wildman–Crippen LogP) is 1.72. The highest BCUT2D eigenvalue weighted by Gasteiger charge is 2.17. The average Bonchev–Trinajstić information content (AvgIpc) is 2.46. The number of amides is 2. The van der Waals surface area contributed by atoms with Crippen molar-refractivity contribution in [2.75, 3.05) is 19.6 Å². The van der Waals surface area contributed by atoms with E-state index in [-0.39, 0.29) is 18.4 Å². The number of carbonyl (C=O) groups is 2. The largest absolute Gasteiger partial charge is 0.343 e. The van der Waals surface area contributed by atoms with Gasteiger partial charge < -0.3 is 10.2 Å². The third-order valence-electron chi connectivity index (χ3n) is 3.24. The van der Waals surface area contributed by atoms with Crippen LogP contribution in [0.1, 0.15) is 29.6 Å². The summed E-state index contributed by atoms with van der Waals surface area (Å²) in [5, 5.41) is 2.66. The number of hydrogen-bond donors (Lipinski definition) is 2. The van der Waals surface area contributed by atoms with Crippen LogP contribution >= 0.6 is 12.6 Å². The Kier molecular flexibility index (Phi) is 4.85. The summed E-state index contributed by atoms with van der Waals surface area (Å²) in [5.41, 5.74) is 0.546. The van der Waals surface area contributed by atoms with E-state index >= 15 is 0 Å². The molecule has 0 atom stereocenters. The number of benzene rings is 1. The lowest BCUT2D eigenvalue weighted by atomic mass is 10.1.